The van der Waals surface area contributed by atoms with Gasteiger partial charge in [-0.25, -0.2) is 0 Å². The number of ether oxygens (including phenoxy) is 1. The number of allylic oxidation sites excluding steroid dienone is 1. The van der Waals surface area contributed by atoms with Crippen LogP contribution in [0, 0.1) is 16.0 Å². The molecule has 124 valence electrons. The summed E-state index contributed by atoms with van der Waals surface area (Å²) in [6.07, 6.45) is 0. The highest BCUT2D eigenvalue weighted by atomic mass is 16.6. The number of carbonyl (C=O) groups excluding carboxylic acids is 4. The summed E-state index contributed by atoms with van der Waals surface area (Å²) in [6, 6.07) is 5.63. The lowest BCUT2D eigenvalue weighted by atomic mass is 9.79. The first kappa shape index (κ1) is 17.2. The average Bonchev–Trinajstić information content (AvgIpc) is 2.52. The van der Waals surface area contributed by atoms with Crippen molar-refractivity contribution in [2.45, 2.75) is 13.8 Å². The lowest BCUT2D eigenvalue weighted by Crippen LogP contribution is -2.34. The molecule has 0 unspecified atom stereocenters. The number of benzene rings is 1. The fourth-order valence-corrected chi connectivity index (χ4v) is 2.58. The molecule has 1 aromatic rings. The van der Waals surface area contributed by atoms with Crippen molar-refractivity contribution in [2.75, 3.05) is 6.61 Å². The van der Waals surface area contributed by atoms with E-state index < -0.39 is 45.4 Å². The third-order valence-corrected chi connectivity index (χ3v) is 3.54. The number of carbonyl (C=O) groups is 4. The normalized spacial score (nSPS) is 14.9. The lowest BCUT2D eigenvalue weighted by molar-refractivity contribution is -0.417. The quantitative estimate of drug-likeness (QED) is 0.261. The van der Waals surface area contributed by atoms with Gasteiger partial charge in [0.1, 0.15) is 11.7 Å². The van der Waals surface area contributed by atoms with Crippen LogP contribution < -0.4 is 0 Å². The summed E-state index contributed by atoms with van der Waals surface area (Å²) in [4.78, 5) is 58.6. The van der Waals surface area contributed by atoms with Crippen molar-refractivity contribution in [1.29, 1.82) is 0 Å². The highest BCUT2D eigenvalue weighted by Gasteiger charge is 2.46. The number of nitrogens with zero attached hydrogens (tertiary/aromatic N) is 1. The SMILES string of the molecule is CCOC(=O)[C@H](C(C)=O)C1=C([N+](=O)[O-])C(=O)C(=O)c2ccccc21. The Bertz CT molecular complexity index is 806. The van der Waals surface area contributed by atoms with Crippen LogP contribution in [0.15, 0.2) is 30.0 Å². The summed E-state index contributed by atoms with van der Waals surface area (Å²) in [5.74, 6) is -5.78. The maximum absolute atomic E-state index is 12.2. The first-order valence-corrected chi connectivity index (χ1v) is 7.05. The third-order valence-electron chi connectivity index (χ3n) is 3.54. The molecule has 1 aromatic carbocycles. The standard InChI is InChI=1S/C16H13NO7/c1-3-24-16(21)11(8(2)18)12-9-6-4-5-7-10(9)14(19)15(20)13(12)17(22)23/h4-7,11H,3H2,1-2H3/t11-/m1/s1. The Morgan fingerprint density at radius 1 is 1.17 bits per heavy atom. The second kappa shape index (κ2) is 6.53. The molecule has 1 aliphatic rings. The van der Waals surface area contributed by atoms with E-state index in [1.165, 1.54) is 31.2 Å². The summed E-state index contributed by atoms with van der Waals surface area (Å²) < 4.78 is 4.81. The smallest absolute Gasteiger partial charge is 0.325 e. The molecule has 0 aromatic heterocycles. The Kier molecular flexibility index (Phi) is 4.68. The second-order valence-electron chi connectivity index (χ2n) is 5.02. The molecule has 0 saturated heterocycles. The van der Waals surface area contributed by atoms with Crippen LogP contribution in [-0.2, 0) is 19.1 Å². The Morgan fingerprint density at radius 3 is 2.25 bits per heavy atom. The minimum absolute atomic E-state index is 0.0158. The molecule has 0 amide bonds. The van der Waals surface area contributed by atoms with Crippen molar-refractivity contribution in [3.05, 3.63) is 51.2 Å². The first-order valence-electron chi connectivity index (χ1n) is 7.05. The molecule has 8 nitrogen and oxygen atoms in total. The Morgan fingerprint density at radius 2 is 1.75 bits per heavy atom. The number of Topliss-reactive ketones (excluding diaryl/α,β-unsaturated/α-hetero) is 3. The fourth-order valence-electron chi connectivity index (χ4n) is 2.58. The second-order valence-corrected chi connectivity index (χ2v) is 5.02. The number of hydrogen-bond acceptors (Lipinski definition) is 7. The Labute approximate surface area is 136 Å². The number of ketones is 3. The van der Waals surface area contributed by atoms with Crippen molar-refractivity contribution in [3.8, 4) is 0 Å². The van der Waals surface area contributed by atoms with E-state index >= 15 is 0 Å². The molecule has 0 saturated carbocycles. The molecule has 0 spiro atoms. The van der Waals surface area contributed by atoms with Gasteiger partial charge >= 0.3 is 17.4 Å². The molecule has 0 N–H and O–H groups in total. The van der Waals surface area contributed by atoms with Crippen LogP contribution in [0.2, 0.25) is 0 Å². The number of fused-ring (bicyclic) bond motifs is 1. The van der Waals surface area contributed by atoms with Crippen LogP contribution in [-0.4, -0.2) is 34.8 Å². The number of esters is 1. The van der Waals surface area contributed by atoms with Gasteiger partial charge in [-0.05, 0) is 19.4 Å². The van der Waals surface area contributed by atoms with Gasteiger partial charge in [0, 0.05) is 5.56 Å². The zero-order valence-electron chi connectivity index (χ0n) is 12.9. The predicted molar refractivity (Wildman–Crippen MR) is 80.5 cm³/mol. The molecule has 0 aliphatic heterocycles. The van der Waals surface area contributed by atoms with E-state index in [4.69, 9.17) is 4.74 Å². The van der Waals surface area contributed by atoms with Gasteiger partial charge in [-0.2, -0.15) is 0 Å². The van der Waals surface area contributed by atoms with Crippen LogP contribution in [0.25, 0.3) is 5.57 Å². The molecule has 0 bridgehead atoms. The maximum atomic E-state index is 12.2. The van der Waals surface area contributed by atoms with Gasteiger partial charge in [0.05, 0.1) is 17.1 Å². The van der Waals surface area contributed by atoms with E-state index in [0.29, 0.717) is 0 Å². The zero-order chi connectivity index (χ0) is 18.0. The number of nitro groups is 1. The minimum Gasteiger partial charge on any atom is -0.465 e. The Hall–Kier alpha value is -3.16. The van der Waals surface area contributed by atoms with Crippen molar-refractivity contribution in [1.82, 2.24) is 0 Å². The van der Waals surface area contributed by atoms with Crippen LogP contribution in [0.5, 0.6) is 0 Å². The van der Waals surface area contributed by atoms with E-state index in [2.05, 4.69) is 0 Å². The van der Waals surface area contributed by atoms with E-state index in [0.717, 1.165) is 6.92 Å². The number of rotatable bonds is 5. The molecule has 0 radical (unpaired) electrons. The highest BCUT2D eigenvalue weighted by Crippen LogP contribution is 2.36. The first-order chi connectivity index (χ1) is 11.3. The van der Waals surface area contributed by atoms with Gasteiger partial charge in [-0.3, -0.25) is 29.3 Å². The largest absolute Gasteiger partial charge is 0.465 e. The van der Waals surface area contributed by atoms with Crippen LogP contribution in [0.4, 0.5) is 0 Å². The number of hydrogen-bond donors (Lipinski definition) is 0. The molecule has 0 heterocycles. The van der Waals surface area contributed by atoms with Crippen molar-refractivity contribution in [3.63, 3.8) is 0 Å². The fraction of sp³-hybridized carbons (Fsp3) is 0.250. The molecule has 8 heteroatoms. The van der Waals surface area contributed by atoms with Gasteiger partial charge in [0.2, 0.25) is 5.78 Å². The van der Waals surface area contributed by atoms with Crippen molar-refractivity contribution < 1.29 is 28.8 Å². The third kappa shape index (κ3) is 2.73. The molecule has 0 fully saturated rings. The Balaban J connectivity index is 2.84. The maximum Gasteiger partial charge on any atom is 0.325 e. The van der Waals surface area contributed by atoms with E-state index in [-0.39, 0.29) is 17.7 Å². The molecule has 24 heavy (non-hydrogen) atoms. The van der Waals surface area contributed by atoms with Gasteiger partial charge in [0.15, 0.2) is 0 Å². The molecule has 1 aliphatic carbocycles. The van der Waals surface area contributed by atoms with Gasteiger partial charge in [-0.1, -0.05) is 24.3 Å². The summed E-state index contributed by atoms with van der Waals surface area (Å²) >= 11 is 0. The molecule has 2 rings (SSSR count). The van der Waals surface area contributed by atoms with Gasteiger partial charge < -0.3 is 4.74 Å². The van der Waals surface area contributed by atoms with E-state index in [1.54, 1.807) is 0 Å². The highest BCUT2D eigenvalue weighted by molar-refractivity contribution is 6.52. The van der Waals surface area contributed by atoms with Crippen molar-refractivity contribution >= 4 is 28.9 Å². The summed E-state index contributed by atoms with van der Waals surface area (Å²) in [5.41, 5.74) is -1.53. The van der Waals surface area contributed by atoms with Gasteiger partial charge in [0.25, 0.3) is 0 Å². The molecular formula is C16H13NO7. The van der Waals surface area contributed by atoms with Crippen LogP contribution in [0.3, 0.4) is 0 Å². The summed E-state index contributed by atoms with van der Waals surface area (Å²) in [7, 11) is 0. The van der Waals surface area contributed by atoms with Gasteiger partial charge in [-0.15, -0.1) is 0 Å². The van der Waals surface area contributed by atoms with Crippen LogP contribution >= 0.6 is 0 Å². The zero-order valence-corrected chi connectivity index (χ0v) is 12.9. The molecule has 1 atom stereocenters. The summed E-state index contributed by atoms with van der Waals surface area (Å²) in [5, 5.41) is 11.3. The van der Waals surface area contributed by atoms with E-state index in [9.17, 15) is 29.3 Å². The lowest BCUT2D eigenvalue weighted by Gasteiger charge is -2.21. The summed E-state index contributed by atoms with van der Waals surface area (Å²) in [6.45, 7) is 2.54. The van der Waals surface area contributed by atoms with Crippen LogP contribution in [0.1, 0.15) is 29.8 Å². The van der Waals surface area contributed by atoms with Crippen molar-refractivity contribution in [2.24, 2.45) is 5.92 Å². The van der Waals surface area contributed by atoms with E-state index in [1.807, 2.05) is 0 Å². The minimum atomic E-state index is -1.65. The predicted octanol–water partition coefficient (Wildman–Crippen LogP) is 1.21. The molecular weight excluding hydrogens is 318 g/mol. The monoisotopic (exact) mass is 331 g/mol. The topological polar surface area (TPSA) is 121 Å². The average molecular weight is 331 g/mol.